The fourth-order valence-electron chi connectivity index (χ4n) is 3.04. The first-order chi connectivity index (χ1) is 11.5. The van der Waals surface area contributed by atoms with Gasteiger partial charge < -0.3 is 20.4 Å². The van der Waals surface area contributed by atoms with Crippen LogP contribution in [0.1, 0.15) is 20.3 Å². The molecule has 8 nitrogen and oxygen atoms in total. The first-order valence-corrected chi connectivity index (χ1v) is 8.82. The van der Waals surface area contributed by atoms with Gasteiger partial charge in [-0.25, -0.2) is 0 Å². The second kappa shape index (κ2) is 11.4. The van der Waals surface area contributed by atoms with Crippen LogP contribution in [0, 0.1) is 0 Å². The van der Waals surface area contributed by atoms with Crippen molar-refractivity contribution in [1.82, 2.24) is 20.0 Å². The summed E-state index contributed by atoms with van der Waals surface area (Å²) >= 11 is 0. The van der Waals surface area contributed by atoms with Crippen molar-refractivity contribution in [2.75, 3.05) is 65.4 Å². The average Bonchev–Trinajstić information content (AvgIpc) is 2.51. The van der Waals surface area contributed by atoms with Crippen LogP contribution in [0.3, 0.4) is 0 Å². The van der Waals surface area contributed by atoms with E-state index in [9.17, 15) is 14.7 Å². The molecule has 24 heavy (non-hydrogen) atoms. The van der Waals surface area contributed by atoms with E-state index in [2.05, 4.69) is 17.1 Å². The van der Waals surface area contributed by atoms with E-state index in [1.54, 1.807) is 0 Å². The lowest BCUT2D eigenvalue weighted by Gasteiger charge is -2.33. The summed E-state index contributed by atoms with van der Waals surface area (Å²) in [6.07, 6.45) is 0.544. The first-order valence-electron chi connectivity index (χ1n) is 8.82. The van der Waals surface area contributed by atoms with Gasteiger partial charge in [-0.3, -0.25) is 19.4 Å². The van der Waals surface area contributed by atoms with Crippen molar-refractivity contribution in [2.45, 2.75) is 26.3 Å². The topological polar surface area (TPSA) is 96.4 Å². The van der Waals surface area contributed by atoms with Gasteiger partial charge in [0.15, 0.2) is 0 Å². The number of aliphatic carboxylic acids is 2. The molecule has 1 aliphatic rings. The van der Waals surface area contributed by atoms with Crippen molar-refractivity contribution < 1.29 is 19.8 Å². The molecule has 8 heteroatoms. The number of hydrogen-bond donors (Lipinski definition) is 3. The molecule has 0 aromatic carbocycles. The summed E-state index contributed by atoms with van der Waals surface area (Å²) in [7, 11) is 0. The molecule has 1 rings (SSSR count). The van der Waals surface area contributed by atoms with Gasteiger partial charge in [0.2, 0.25) is 0 Å². The number of hydrogen-bond acceptors (Lipinski definition) is 6. The number of carboxylic acids is 2. The van der Waals surface area contributed by atoms with Crippen LogP contribution in [0.4, 0.5) is 0 Å². The minimum atomic E-state index is -0.851. The third-order valence-electron chi connectivity index (χ3n) is 4.54. The first kappa shape index (κ1) is 20.8. The van der Waals surface area contributed by atoms with Gasteiger partial charge in [-0.05, 0) is 13.0 Å². The van der Waals surface area contributed by atoms with Crippen LogP contribution in [-0.4, -0.2) is 108 Å². The minimum Gasteiger partial charge on any atom is -0.480 e. The van der Waals surface area contributed by atoms with E-state index < -0.39 is 18.0 Å². The number of nitrogens with zero attached hydrogens (tertiary/aromatic N) is 3. The Morgan fingerprint density at radius 1 is 0.958 bits per heavy atom. The predicted molar refractivity (Wildman–Crippen MR) is 92.3 cm³/mol. The summed E-state index contributed by atoms with van der Waals surface area (Å²) in [5.41, 5.74) is 0. The highest BCUT2D eigenvalue weighted by atomic mass is 16.4. The molecule has 0 radical (unpaired) electrons. The summed E-state index contributed by atoms with van der Waals surface area (Å²) < 4.78 is 0. The van der Waals surface area contributed by atoms with Gasteiger partial charge in [-0.1, -0.05) is 13.8 Å². The quantitative estimate of drug-likeness (QED) is 0.591. The Labute approximate surface area is 144 Å². The molecular weight excluding hydrogens is 312 g/mol. The molecule has 140 valence electrons. The van der Waals surface area contributed by atoms with Gasteiger partial charge in [0.25, 0.3) is 0 Å². The third-order valence-corrected chi connectivity index (χ3v) is 4.54. The second-order valence-electron chi connectivity index (χ2n) is 6.15. The van der Waals surface area contributed by atoms with E-state index in [1.807, 2.05) is 16.7 Å². The standard InChI is InChI=1S/C16H32N4O4/c1-3-14(16(23)24)20-11-9-18(4-2)7-5-17-6-8-19(10-12-20)13-15(21)22/h14,17H,3-13H2,1-2H3,(H,21,22)(H,23,24). The van der Waals surface area contributed by atoms with E-state index in [1.165, 1.54) is 0 Å². The molecule has 0 saturated carbocycles. The van der Waals surface area contributed by atoms with E-state index in [0.29, 0.717) is 32.6 Å². The molecule has 0 amide bonds. The Balaban J connectivity index is 2.79. The fourth-order valence-corrected chi connectivity index (χ4v) is 3.04. The van der Waals surface area contributed by atoms with Crippen LogP contribution in [-0.2, 0) is 9.59 Å². The monoisotopic (exact) mass is 344 g/mol. The minimum absolute atomic E-state index is 0.0134. The smallest absolute Gasteiger partial charge is 0.320 e. The molecule has 0 spiro atoms. The van der Waals surface area contributed by atoms with Crippen LogP contribution in [0.25, 0.3) is 0 Å². The van der Waals surface area contributed by atoms with Crippen LogP contribution < -0.4 is 5.32 Å². The van der Waals surface area contributed by atoms with Crippen LogP contribution in [0.2, 0.25) is 0 Å². The second-order valence-corrected chi connectivity index (χ2v) is 6.15. The van der Waals surface area contributed by atoms with Gasteiger partial charge in [0.1, 0.15) is 6.04 Å². The van der Waals surface area contributed by atoms with Gasteiger partial charge >= 0.3 is 11.9 Å². The van der Waals surface area contributed by atoms with Crippen molar-refractivity contribution in [3.63, 3.8) is 0 Å². The zero-order valence-corrected chi connectivity index (χ0v) is 14.9. The van der Waals surface area contributed by atoms with Crippen molar-refractivity contribution in [3.05, 3.63) is 0 Å². The molecule has 0 aromatic rings. The summed E-state index contributed by atoms with van der Waals surface area (Å²) in [5, 5.41) is 21.9. The Hall–Kier alpha value is -1.22. The fraction of sp³-hybridized carbons (Fsp3) is 0.875. The maximum atomic E-state index is 11.5. The van der Waals surface area contributed by atoms with E-state index in [-0.39, 0.29) is 6.54 Å². The number of carbonyl (C=O) groups is 2. The Morgan fingerprint density at radius 2 is 1.54 bits per heavy atom. The molecule has 1 unspecified atom stereocenters. The predicted octanol–water partition coefficient (Wildman–Crippen LogP) is -0.537. The number of likely N-dealkylation sites (N-methyl/N-ethyl adjacent to an activating group) is 1. The number of carboxylic acid groups (broad SMARTS) is 2. The normalized spacial score (nSPS) is 21.6. The maximum absolute atomic E-state index is 11.5. The lowest BCUT2D eigenvalue weighted by molar-refractivity contribution is -0.144. The molecule has 1 fully saturated rings. The average molecular weight is 344 g/mol. The van der Waals surface area contributed by atoms with Crippen molar-refractivity contribution in [3.8, 4) is 0 Å². The van der Waals surface area contributed by atoms with E-state index in [4.69, 9.17) is 5.11 Å². The largest absolute Gasteiger partial charge is 0.480 e. The van der Waals surface area contributed by atoms with Crippen LogP contribution in [0.15, 0.2) is 0 Å². The zero-order chi connectivity index (χ0) is 17.9. The van der Waals surface area contributed by atoms with Crippen LogP contribution >= 0.6 is 0 Å². The molecule has 0 aromatic heterocycles. The van der Waals surface area contributed by atoms with E-state index >= 15 is 0 Å². The zero-order valence-electron chi connectivity index (χ0n) is 14.9. The molecular formula is C16H32N4O4. The van der Waals surface area contributed by atoms with Gasteiger partial charge in [0.05, 0.1) is 6.54 Å². The third kappa shape index (κ3) is 7.57. The maximum Gasteiger partial charge on any atom is 0.320 e. The molecule has 1 atom stereocenters. The highest BCUT2D eigenvalue weighted by molar-refractivity contribution is 5.73. The molecule has 0 bridgehead atoms. The summed E-state index contributed by atoms with van der Waals surface area (Å²) in [5.74, 6) is -1.66. The lowest BCUT2D eigenvalue weighted by atomic mass is 10.2. The van der Waals surface area contributed by atoms with Crippen molar-refractivity contribution >= 4 is 11.9 Å². The molecule has 1 aliphatic heterocycles. The Bertz CT molecular complexity index is 394. The molecule has 3 N–H and O–H groups in total. The van der Waals surface area contributed by atoms with Crippen molar-refractivity contribution in [2.24, 2.45) is 0 Å². The summed E-state index contributed by atoms with van der Waals surface area (Å²) in [6, 6.07) is -0.517. The molecule has 1 heterocycles. The number of rotatable bonds is 6. The van der Waals surface area contributed by atoms with Crippen molar-refractivity contribution in [1.29, 1.82) is 0 Å². The highest BCUT2D eigenvalue weighted by Gasteiger charge is 2.25. The highest BCUT2D eigenvalue weighted by Crippen LogP contribution is 2.06. The number of nitrogens with one attached hydrogen (secondary N) is 1. The summed E-state index contributed by atoms with van der Waals surface area (Å²) in [4.78, 5) is 28.7. The van der Waals surface area contributed by atoms with Gasteiger partial charge in [-0.15, -0.1) is 0 Å². The van der Waals surface area contributed by atoms with Crippen LogP contribution in [0.5, 0.6) is 0 Å². The summed E-state index contributed by atoms with van der Waals surface area (Å²) in [6.45, 7) is 10.7. The Kier molecular flexibility index (Phi) is 9.85. The SMILES string of the molecule is CCC(C(=O)O)N1CCN(CC)CCNCCN(CC(=O)O)CC1. The molecule has 1 saturated heterocycles. The Morgan fingerprint density at radius 3 is 2.04 bits per heavy atom. The van der Waals surface area contributed by atoms with E-state index in [0.717, 1.165) is 32.7 Å². The molecule has 0 aliphatic carbocycles. The van der Waals surface area contributed by atoms with Gasteiger partial charge in [0, 0.05) is 52.4 Å². The van der Waals surface area contributed by atoms with Gasteiger partial charge in [-0.2, -0.15) is 0 Å². The lowest BCUT2D eigenvalue weighted by Crippen LogP contribution is -2.50.